The molecule has 0 radical (unpaired) electrons. The lowest BCUT2D eigenvalue weighted by Gasteiger charge is -2.11. The SMILES string of the molecule is COCC(CC(=O)O)CC(=O)OC. The molecule has 0 saturated heterocycles. The predicted octanol–water partition coefficient (Wildman–Crippen LogP) is 0.287. The Morgan fingerprint density at radius 3 is 2.31 bits per heavy atom. The number of hydrogen-bond acceptors (Lipinski definition) is 4. The molecule has 0 fully saturated rings. The van der Waals surface area contributed by atoms with Gasteiger partial charge in [-0.2, -0.15) is 0 Å². The maximum Gasteiger partial charge on any atom is 0.305 e. The van der Waals surface area contributed by atoms with Crippen LogP contribution in [-0.2, 0) is 19.1 Å². The van der Waals surface area contributed by atoms with Gasteiger partial charge in [-0.1, -0.05) is 0 Å². The standard InChI is InChI=1S/C8H14O5/c1-12-5-6(3-7(9)10)4-8(11)13-2/h6H,3-5H2,1-2H3,(H,9,10). The van der Waals surface area contributed by atoms with E-state index in [1.54, 1.807) is 0 Å². The van der Waals surface area contributed by atoms with Crippen molar-refractivity contribution >= 4 is 11.9 Å². The normalized spacial score (nSPS) is 12.2. The van der Waals surface area contributed by atoms with Crippen LogP contribution in [0.1, 0.15) is 12.8 Å². The van der Waals surface area contributed by atoms with E-state index in [0.29, 0.717) is 0 Å². The van der Waals surface area contributed by atoms with Gasteiger partial charge in [0.25, 0.3) is 0 Å². The Morgan fingerprint density at radius 2 is 1.92 bits per heavy atom. The molecule has 13 heavy (non-hydrogen) atoms. The Labute approximate surface area is 76.6 Å². The highest BCUT2D eigenvalue weighted by Crippen LogP contribution is 2.09. The fraction of sp³-hybridized carbons (Fsp3) is 0.750. The molecule has 1 N–H and O–H groups in total. The van der Waals surface area contributed by atoms with Crippen LogP contribution in [0.2, 0.25) is 0 Å². The van der Waals surface area contributed by atoms with E-state index in [1.165, 1.54) is 14.2 Å². The number of carboxylic acid groups (broad SMARTS) is 1. The molecule has 0 bridgehead atoms. The summed E-state index contributed by atoms with van der Waals surface area (Å²) in [7, 11) is 2.74. The van der Waals surface area contributed by atoms with Crippen LogP contribution in [0.3, 0.4) is 0 Å². The molecule has 1 unspecified atom stereocenters. The minimum atomic E-state index is -0.939. The van der Waals surface area contributed by atoms with Gasteiger partial charge in [0, 0.05) is 13.0 Å². The van der Waals surface area contributed by atoms with E-state index in [2.05, 4.69) is 4.74 Å². The molecule has 0 rings (SSSR count). The van der Waals surface area contributed by atoms with Crippen LogP contribution in [-0.4, -0.2) is 37.9 Å². The molecule has 0 heterocycles. The van der Waals surface area contributed by atoms with E-state index in [1.807, 2.05) is 0 Å². The summed E-state index contributed by atoms with van der Waals surface area (Å²) in [4.78, 5) is 21.2. The van der Waals surface area contributed by atoms with Crippen molar-refractivity contribution in [3.63, 3.8) is 0 Å². The van der Waals surface area contributed by atoms with E-state index < -0.39 is 11.9 Å². The molecule has 0 saturated carbocycles. The molecule has 0 aliphatic heterocycles. The second kappa shape index (κ2) is 6.42. The zero-order valence-electron chi connectivity index (χ0n) is 7.78. The van der Waals surface area contributed by atoms with Gasteiger partial charge in [0.15, 0.2) is 0 Å². The van der Waals surface area contributed by atoms with Crippen molar-refractivity contribution in [2.45, 2.75) is 12.8 Å². The smallest absolute Gasteiger partial charge is 0.305 e. The number of carbonyl (C=O) groups is 2. The first kappa shape index (κ1) is 11.9. The van der Waals surface area contributed by atoms with E-state index in [-0.39, 0.29) is 25.4 Å². The average Bonchev–Trinajstić information content (AvgIpc) is 2.03. The van der Waals surface area contributed by atoms with Crippen molar-refractivity contribution in [1.29, 1.82) is 0 Å². The summed E-state index contributed by atoms with van der Waals surface area (Å²) in [5.74, 6) is -1.66. The Balaban J connectivity index is 3.93. The summed E-state index contributed by atoms with van der Waals surface area (Å²) in [6.07, 6.45) is -0.000417. The Bertz CT molecular complexity index is 177. The van der Waals surface area contributed by atoms with E-state index in [9.17, 15) is 9.59 Å². The molecular weight excluding hydrogens is 176 g/mol. The zero-order chi connectivity index (χ0) is 10.3. The number of rotatable bonds is 6. The largest absolute Gasteiger partial charge is 0.481 e. The molecule has 0 aliphatic rings. The number of hydrogen-bond donors (Lipinski definition) is 1. The minimum Gasteiger partial charge on any atom is -0.481 e. The first-order valence-electron chi connectivity index (χ1n) is 3.87. The highest BCUT2D eigenvalue weighted by molar-refractivity contribution is 5.72. The zero-order valence-corrected chi connectivity index (χ0v) is 7.78. The van der Waals surface area contributed by atoms with Gasteiger partial charge in [0.1, 0.15) is 0 Å². The van der Waals surface area contributed by atoms with Gasteiger partial charge in [0.05, 0.1) is 26.6 Å². The molecular formula is C8H14O5. The van der Waals surface area contributed by atoms with Crippen molar-refractivity contribution in [2.75, 3.05) is 20.8 Å². The summed E-state index contributed by atoms with van der Waals surface area (Å²) in [6, 6.07) is 0. The van der Waals surface area contributed by atoms with Gasteiger partial charge in [-0.15, -0.1) is 0 Å². The van der Waals surface area contributed by atoms with E-state index >= 15 is 0 Å². The lowest BCUT2D eigenvalue weighted by Crippen LogP contribution is -2.18. The van der Waals surface area contributed by atoms with Crippen molar-refractivity contribution in [3.05, 3.63) is 0 Å². The van der Waals surface area contributed by atoms with Crippen LogP contribution >= 0.6 is 0 Å². The van der Waals surface area contributed by atoms with Gasteiger partial charge in [0.2, 0.25) is 0 Å². The summed E-state index contributed by atoms with van der Waals surface area (Å²) in [5, 5.41) is 8.49. The van der Waals surface area contributed by atoms with Crippen molar-refractivity contribution in [3.8, 4) is 0 Å². The van der Waals surface area contributed by atoms with Crippen LogP contribution in [0.5, 0.6) is 0 Å². The maximum absolute atomic E-state index is 10.8. The molecule has 0 aromatic heterocycles. The van der Waals surface area contributed by atoms with Crippen molar-refractivity contribution in [2.24, 2.45) is 5.92 Å². The second-order valence-electron chi connectivity index (χ2n) is 2.70. The van der Waals surface area contributed by atoms with Gasteiger partial charge < -0.3 is 14.6 Å². The number of carbonyl (C=O) groups excluding carboxylic acids is 1. The number of methoxy groups -OCH3 is 2. The number of ether oxygens (including phenoxy) is 2. The number of carboxylic acids is 1. The molecule has 0 aromatic rings. The summed E-state index contributed by atoms with van der Waals surface area (Å²) in [5.41, 5.74) is 0. The molecule has 76 valence electrons. The van der Waals surface area contributed by atoms with Crippen LogP contribution < -0.4 is 0 Å². The molecule has 0 amide bonds. The van der Waals surface area contributed by atoms with Crippen LogP contribution in [0.4, 0.5) is 0 Å². The number of aliphatic carboxylic acids is 1. The summed E-state index contributed by atoms with van der Waals surface area (Å²) >= 11 is 0. The molecule has 0 aliphatic carbocycles. The molecule has 1 atom stereocenters. The number of esters is 1. The summed E-state index contributed by atoms with van der Waals surface area (Å²) in [6.45, 7) is 0.251. The van der Waals surface area contributed by atoms with Gasteiger partial charge in [-0.3, -0.25) is 9.59 Å². The van der Waals surface area contributed by atoms with Crippen molar-refractivity contribution < 1.29 is 24.2 Å². The predicted molar refractivity (Wildman–Crippen MR) is 44.3 cm³/mol. The highest BCUT2D eigenvalue weighted by Gasteiger charge is 2.17. The first-order valence-corrected chi connectivity index (χ1v) is 3.87. The third kappa shape index (κ3) is 6.10. The fourth-order valence-electron chi connectivity index (χ4n) is 0.992. The third-order valence-corrected chi connectivity index (χ3v) is 1.55. The monoisotopic (exact) mass is 190 g/mol. The van der Waals surface area contributed by atoms with E-state index in [4.69, 9.17) is 9.84 Å². The van der Waals surface area contributed by atoms with Crippen LogP contribution in [0.25, 0.3) is 0 Å². The summed E-state index contributed by atoms with van der Waals surface area (Å²) < 4.78 is 9.20. The Kier molecular flexibility index (Phi) is 5.88. The lowest BCUT2D eigenvalue weighted by molar-refractivity contribution is -0.143. The Morgan fingerprint density at radius 1 is 1.31 bits per heavy atom. The Hall–Kier alpha value is -1.10. The third-order valence-electron chi connectivity index (χ3n) is 1.55. The fourth-order valence-corrected chi connectivity index (χ4v) is 0.992. The minimum absolute atomic E-state index is 0.0800. The van der Waals surface area contributed by atoms with Crippen LogP contribution in [0, 0.1) is 5.92 Å². The molecule has 5 nitrogen and oxygen atoms in total. The van der Waals surface area contributed by atoms with E-state index in [0.717, 1.165) is 0 Å². The van der Waals surface area contributed by atoms with Crippen molar-refractivity contribution in [1.82, 2.24) is 0 Å². The highest BCUT2D eigenvalue weighted by atomic mass is 16.5. The quantitative estimate of drug-likeness (QED) is 0.609. The van der Waals surface area contributed by atoms with Gasteiger partial charge in [-0.25, -0.2) is 0 Å². The molecule has 5 heteroatoms. The first-order chi connectivity index (χ1) is 6.10. The van der Waals surface area contributed by atoms with Gasteiger partial charge in [-0.05, 0) is 0 Å². The lowest BCUT2D eigenvalue weighted by atomic mass is 10.0. The van der Waals surface area contributed by atoms with Crippen LogP contribution in [0.15, 0.2) is 0 Å². The second-order valence-corrected chi connectivity index (χ2v) is 2.70. The molecule has 0 aromatic carbocycles. The topological polar surface area (TPSA) is 72.8 Å². The van der Waals surface area contributed by atoms with Gasteiger partial charge >= 0.3 is 11.9 Å². The average molecular weight is 190 g/mol. The molecule has 0 spiro atoms. The maximum atomic E-state index is 10.8.